The summed E-state index contributed by atoms with van der Waals surface area (Å²) in [5, 5.41) is 12.8. The number of hydrogen-bond acceptors (Lipinski definition) is 4. The summed E-state index contributed by atoms with van der Waals surface area (Å²) >= 11 is 1.61. The van der Waals surface area contributed by atoms with Crippen molar-refractivity contribution in [2.24, 2.45) is 5.10 Å². The van der Waals surface area contributed by atoms with E-state index in [-0.39, 0.29) is 17.9 Å². The third-order valence-electron chi connectivity index (χ3n) is 3.68. The number of hydrazone groups is 1. The molecule has 2 aromatic rings. The first kappa shape index (κ1) is 15.4. The molecule has 0 saturated heterocycles. The molecule has 0 spiro atoms. The molecule has 0 aliphatic carbocycles. The van der Waals surface area contributed by atoms with Crippen LogP contribution in [0.25, 0.3) is 0 Å². The molecule has 0 radical (unpaired) electrons. The number of nitrogens with zero attached hydrogens (tertiary/aromatic N) is 2. The van der Waals surface area contributed by atoms with Gasteiger partial charge >= 0.3 is 0 Å². The minimum atomic E-state index is -0.142. The fourth-order valence-corrected chi connectivity index (χ4v) is 3.36. The molecule has 1 aliphatic rings. The molecule has 5 nitrogen and oxygen atoms in total. The first-order chi connectivity index (χ1) is 11.0. The largest absolute Gasteiger partial charge is 0.326 e. The highest BCUT2D eigenvalue weighted by molar-refractivity contribution is 7.08. The summed E-state index contributed by atoms with van der Waals surface area (Å²) in [5.41, 5.74) is 3.65. The molecule has 2 heterocycles. The van der Waals surface area contributed by atoms with E-state index in [1.165, 1.54) is 18.9 Å². The van der Waals surface area contributed by atoms with Crippen LogP contribution in [0.15, 0.2) is 46.2 Å². The molecule has 0 fully saturated rings. The summed E-state index contributed by atoms with van der Waals surface area (Å²) in [6, 6.07) is 9.43. The lowest BCUT2D eigenvalue weighted by Gasteiger charge is -2.21. The minimum Gasteiger partial charge on any atom is -0.326 e. The normalized spacial score (nSPS) is 17.0. The van der Waals surface area contributed by atoms with Gasteiger partial charge in [0.1, 0.15) is 0 Å². The van der Waals surface area contributed by atoms with Crippen LogP contribution < -0.4 is 5.32 Å². The van der Waals surface area contributed by atoms with Gasteiger partial charge in [-0.1, -0.05) is 12.1 Å². The van der Waals surface area contributed by atoms with E-state index < -0.39 is 0 Å². The second kappa shape index (κ2) is 6.34. The third kappa shape index (κ3) is 3.32. The molecule has 1 aromatic heterocycles. The Labute approximate surface area is 138 Å². The first-order valence-corrected chi connectivity index (χ1v) is 8.26. The van der Waals surface area contributed by atoms with Crippen molar-refractivity contribution >= 4 is 34.6 Å². The molecular weight excluding hydrogens is 310 g/mol. The molecule has 1 atom stereocenters. The molecule has 3 rings (SSSR count). The van der Waals surface area contributed by atoms with Gasteiger partial charge in [-0.2, -0.15) is 16.4 Å². The number of rotatable bonds is 3. The van der Waals surface area contributed by atoms with Crippen molar-refractivity contribution in [3.8, 4) is 0 Å². The smallest absolute Gasteiger partial charge is 0.240 e. The van der Waals surface area contributed by atoms with Crippen LogP contribution in [0.5, 0.6) is 0 Å². The van der Waals surface area contributed by atoms with Gasteiger partial charge in [-0.3, -0.25) is 9.59 Å². The molecule has 1 aliphatic heterocycles. The van der Waals surface area contributed by atoms with Crippen LogP contribution in [0.3, 0.4) is 0 Å². The first-order valence-electron chi connectivity index (χ1n) is 7.32. The predicted octanol–water partition coefficient (Wildman–Crippen LogP) is 3.40. The molecule has 118 valence electrons. The number of carbonyl (C=O) groups is 2. The summed E-state index contributed by atoms with van der Waals surface area (Å²) in [6.45, 7) is 2.99. The molecule has 0 bridgehead atoms. The molecule has 1 N–H and O–H groups in total. The predicted molar refractivity (Wildman–Crippen MR) is 91.5 cm³/mol. The topological polar surface area (TPSA) is 61.8 Å². The van der Waals surface area contributed by atoms with E-state index >= 15 is 0 Å². The quantitative estimate of drug-likeness (QED) is 0.939. The van der Waals surface area contributed by atoms with Crippen LogP contribution in [-0.4, -0.2) is 22.5 Å². The van der Waals surface area contributed by atoms with Crippen molar-refractivity contribution in [3.63, 3.8) is 0 Å². The fraction of sp³-hybridized carbons (Fsp3) is 0.235. The monoisotopic (exact) mass is 327 g/mol. The van der Waals surface area contributed by atoms with E-state index in [4.69, 9.17) is 0 Å². The SMILES string of the molecule is CC(=O)Nc1cccc(C2CC(c3ccsc3)=NN2C(C)=O)c1. The van der Waals surface area contributed by atoms with Crippen molar-refractivity contribution in [1.29, 1.82) is 0 Å². The van der Waals surface area contributed by atoms with Crippen LogP contribution in [-0.2, 0) is 9.59 Å². The van der Waals surface area contributed by atoms with Gasteiger partial charge in [0, 0.05) is 31.5 Å². The number of carbonyl (C=O) groups excluding carboxylic acids is 2. The number of nitrogens with one attached hydrogen (secondary N) is 1. The summed E-state index contributed by atoms with van der Waals surface area (Å²) in [6.07, 6.45) is 0.667. The maximum atomic E-state index is 12.0. The molecule has 0 saturated carbocycles. The van der Waals surface area contributed by atoms with E-state index in [0.717, 1.165) is 22.5 Å². The molecule has 23 heavy (non-hydrogen) atoms. The average Bonchev–Trinajstić information content (AvgIpc) is 3.16. The van der Waals surface area contributed by atoms with Crippen molar-refractivity contribution in [3.05, 3.63) is 52.2 Å². The van der Waals surface area contributed by atoms with Gasteiger partial charge in [0.2, 0.25) is 11.8 Å². The Morgan fingerprint density at radius 2 is 2.13 bits per heavy atom. The van der Waals surface area contributed by atoms with E-state index in [1.54, 1.807) is 11.3 Å². The van der Waals surface area contributed by atoms with Crippen LogP contribution in [0.4, 0.5) is 5.69 Å². The second-order valence-corrected chi connectivity index (χ2v) is 6.23. The van der Waals surface area contributed by atoms with Crippen molar-refractivity contribution in [2.75, 3.05) is 5.32 Å². The Kier molecular flexibility index (Phi) is 4.25. The van der Waals surface area contributed by atoms with Crippen LogP contribution in [0, 0.1) is 0 Å². The Bertz CT molecular complexity index is 768. The Morgan fingerprint density at radius 3 is 2.78 bits per heavy atom. The lowest BCUT2D eigenvalue weighted by Crippen LogP contribution is -2.24. The summed E-state index contributed by atoms with van der Waals surface area (Å²) in [7, 11) is 0. The molecule has 6 heteroatoms. The molecule has 1 aromatic carbocycles. The van der Waals surface area contributed by atoms with Crippen LogP contribution >= 0.6 is 11.3 Å². The number of thiophene rings is 1. The number of amides is 2. The van der Waals surface area contributed by atoms with Gasteiger partial charge in [0.05, 0.1) is 11.8 Å². The van der Waals surface area contributed by atoms with Gasteiger partial charge < -0.3 is 5.32 Å². The lowest BCUT2D eigenvalue weighted by atomic mass is 9.99. The lowest BCUT2D eigenvalue weighted by molar-refractivity contribution is -0.130. The summed E-state index contributed by atoms with van der Waals surface area (Å²) < 4.78 is 0. The van der Waals surface area contributed by atoms with Gasteiger partial charge in [-0.15, -0.1) is 0 Å². The van der Waals surface area contributed by atoms with Crippen molar-refractivity contribution in [2.45, 2.75) is 26.3 Å². The zero-order valence-electron chi connectivity index (χ0n) is 12.9. The molecular formula is C17H17N3O2S. The average molecular weight is 327 g/mol. The number of hydrogen-bond donors (Lipinski definition) is 1. The zero-order valence-corrected chi connectivity index (χ0v) is 13.8. The highest BCUT2D eigenvalue weighted by atomic mass is 32.1. The highest BCUT2D eigenvalue weighted by Crippen LogP contribution is 2.34. The maximum Gasteiger partial charge on any atom is 0.240 e. The number of anilines is 1. The molecule has 2 amide bonds. The summed E-state index contributed by atoms with van der Waals surface area (Å²) in [5.74, 6) is -0.211. The summed E-state index contributed by atoms with van der Waals surface area (Å²) in [4.78, 5) is 23.2. The van der Waals surface area contributed by atoms with Crippen LogP contribution in [0.2, 0.25) is 0 Å². The third-order valence-corrected chi connectivity index (χ3v) is 4.36. The minimum absolute atomic E-state index is 0.0924. The Balaban J connectivity index is 1.90. The number of benzene rings is 1. The van der Waals surface area contributed by atoms with E-state index in [0.29, 0.717) is 6.42 Å². The standard InChI is InChI=1S/C17H17N3O2S/c1-11(21)18-15-5-3-4-13(8-15)17-9-16(14-6-7-23-10-14)19-20(17)12(2)22/h3-8,10,17H,9H2,1-2H3,(H,18,21). The van der Waals surface area contributed by atoms with Gasteiger partial charge in [-0.05, 0) is 34.5 Å². The second-order valence-electron chi connectivity index (χ2n) is 5.45. The Hall–Kier alpha value is -2.47. The van der Waals surface area contributed by atoms with Crippen molar-refractivity contribution in [1.82, 2.24) is 5.01 Å². The molecule has 1 unspecified atom stereocenters. The van der Waals surface area contributed by atoms with Crippen LogP contribution in [0.1, 0.15) is 37.4 Å². The van der Waals surface area contributed by atoms with Gasteiger partial charge in [0.25, 0.3) is 0 Å². The van der Waals surface area contributed by atoms with E-state index in [9.17, 15) is 9.59 Å². The highest BCUT2D eigenvalue weighted by Gasteiger charge is 2.31. The maximum absolute atomic E-state index is 12.0. The van der Waals surface area contributed by atoms with Gasteiger partial charge in [-0.25, -0.2) is 5.01 Å². The Morgan fingerprint density at radius 1 is 1.30 bits per heavy atom. The van der Waals surface area contributed by atoms with Crippen molar-refractivity contribution < 1.29 is 9.59 Å². The van der Waals surface area contributed by atoms with E-state index in [2.05, 4.69) is 10.4 Å². The zero-order chi connectivity index (χ0) is 16.4. The fourth-order valence-electron chi connectivity index (χ4n) is 2.69. The van der Waals surface area contributed by atoms with Gasteiger partial charge in [0.15, 0.2) is 0 Å². The van der Waals surface area contributed by atoms with E-state index in [1.807, 2.05) is 41.1 Å².